The van der Waals surface area contributed by atoms with Crippen LogP contribution in [0.1, 0.15) is 18.9 Å². The van der Waals surface area contributed by atoms with Crippen LogP contribution in [0, 0.1) is 17.1 Å². The lowest BCUT2D eigenvalue weighted by atomic mass is 10.2. The second kappa shape index (κ2) is 6.40. The molecular weight excluding hydrogens is 237 g/mol. The summed E-state index contributed by atoms with van der Waals surface area (Å²) in [6, 6.07) is 5.74. The smallest absolute Gasteiger partial charge is 0.328 e. The van der Waals surface area contributed by atoms with E-state index < -0.39 is 17.9 Å². The molecule has 0 amide bonds. The quantitative estimate of drug-likeness (QED) is 0.814. The number of carbonyl (C=O) groups is 1. The third kappa shape index (κ3) is 4.26. The van der Waals surface area contributed by atoms with Crippen LogP contribution in [0.4, 0.5) is 4.39 Å². The fraction of sp³-hybridized carbons (Fsp3) is 0.231. The minimum atomic E-state index is -1.12. The fourth-order valence-corrected chi connectivity index (χ4v) is 1.28. The maximum absolute atomic E-state index is 13.3. The van der Waals surface area contributed by atoms with Crippen molar-refractivity contribution in [2.75, 3.05) is 0 Å². The van der Waals surface area contributed by atoms with Gasteiger partial charge in [-0.1, -0.05) is 6.92 Å². The molecular formula is C13H12FNO3. The number of rotatable bonds is 5. The van der Waals surface area contributed by atoms with E-state index in [0.29, 0.717) is 12.0 Å². The number of hydrogen-bond acceptors (Lipinski definition) is 3. The zero-order valence-corrected chi connectivity index (χ0v) is 9.76. The van der Waals surface area contributed by atoms with Crippen LogP contribution < -0.4 is 4.74 Å². The number of benzene rings is 1. The average Bonchev–Trinajstić information content (AvgIpc) is 2.33. The minimum Gasteiger partial charge on any atom is -0.478 e. The van der Waals surface area contributed by atoms with E-state index >= 15 is 0 Å². The highest BCUT2D eigenvalue weighted by Gasteiger charge is 2.07. The highest BCUT2D eigenvalue weighted by molar-refractivity contribution is 5.85. The van der Waals surface area contributed by atoms with Crippen molar-refractivity contribution in [3.63, 3.8) is 0 Å². The van der Waals surface area contributed by atoms with Crippen LogP contribution in [0.3, 0.4) is 0 Å². The molecule has 0 aliphatic rings. The van der Waals surface area contributed by atoms with Crippen LogP contribution in [-0.2, 0) is 4.79 Å². The Morgan fingerprint density at radius 2 is 2.33 bits per heavy atom. The number of carboxylic acid groups (broad SMARTS) is 1. The molecule has 0 radical (unpaired) electrons. The van der Waals surface area contributed by atoms with Gasteiger partial charge in [-0.05, 0) is 30.2 Å². The van der Waals surface area contributed by atoms with Crippen molar-refractivity contribution < 1.29 is 19.0 Å². The lowest BCUT2D eigenvalue weighted by Crippen LogP contribution is -2.12. The van der Waals surface area contributed by atoms with E-state index in [9.17, 15) is 9.18 Å². The second-order valence-electron chi connectivity index (χ2n) is 3.54. The maximum Gasteiger partial charge on any atom is 0.328 e. The van der Waals surface area contributed by atoms with E-state index in [-0.39, 0.29) is 5.75 Å². The summed E-state index contributed by atoms with van der Waals surface area (Å²) in [6.07, 6.45) is 1.99. The summed E-state index contributed by atoms with van der Waals surface area (Å²) < 4.78 is 18.5. The van der Waals surface area contributed by atoms with Crippen molar-refractivity contribution in [3.05, 3.63) is 35.7 Å². The molecule has 1 aromatic rings. The van der Waals surface area contributed by atoms with Gasteiger partial charge in [-0.3, -0.25) is 0 Å². The summed E-state index contributed by atoms with van der Waals surface area (Å²) >= 11 is 0. The Hall–Kier alpha value is -2.35. The molecule has 0 saturated heterocycles. The molecule has 0 aliphatic heterocycles. The Balaban J connectivity index is 2.94. The third-order valence-electron chi connectivity index (χ3n) is 2.11. The van der Waals surface area contributed by atoms with Crippen LogP contribution in [-0.4, -0.2) is 17.2 Å². The van der Waals surface area contributed by atoms with Gasteiger partial charge >= 0.3 is 5.97 Å². The van der Waals surface area contributed by atoms with E-state index in [1.807, 2.05) is 6.07 Å². The molecule has 0 saturated carbocycles. The van der Waals surface area contributed by atoms with Crippen LogP contribution in [0.25, 0.3) is 6.08 Å². The van der Waals surface area contributed by atoms with Crippen molar-refractivity contribution in [3.8, 4) is 11.8 Å². The van der Waals surface area contributed by atoms with Crippen molar-refractivity contribution in [2.45, 2.75) is 19.4 Å². The number of carboxylic acids is 1. The van der Waals surface area contributed by atoms with Gasteiger partial charge in [0.1, 0.15) is 17.6 Å². The molecule has 1 aromatic carbocycles. The third-order valence-corrected chi connectivity index (χ3v) is 2.11. The molecule has 0 spiro atoms. The van der Waals surface area contributed by atoms with Gasteiger partial charge in [0.15, 0.2) is 6.10 Å². The molecule has 4 nitrogen and oxygen atoms in total. The predicted octanol–water partition coefficient (Wildman–Crippen LogP) is 2.60. The summed E-state index contributed by atoms with van der Waals surface area (Å²) in [5.74, 6) is -1.47. The first-order valence-corrected chi connectivity index (χ1v) is 5.33. The highest BCUT2D eigenvalue weighted by atomic mass is 19.1. The number of aliphatic carboxylic acids is 1. The first-order chi connectivity index (χ1) is 8.55. The molecule has 1 N–H and O–H groups in total. The van der Waals surface area contributed by atoms with Crippen LogP contribution in [0.5, 0.6) is 5.75 Å². The maximum atomic E-state index is 13.3. The van der Waals surface area contributed by atoms with E-state index in [2.05, 4.69) is 0 Å². The topological polar surface area (TPSA) is 70.3 Å². The summed E-state index contributed by atoms with van der Waals surface area (Å²) in [7, 11) is 0. The van der Waals surface area contributed by atoms with Gasteiger partial charge in [0.25, 0.3) is 0 Å². The molecule has 94 valence electrons. The molecule has 1 atom stereocenters. The Morgan fingerprint density at radius 1 is 1.61 bits per heavy atom. The zero-order chi connectivity index (χ0) is 13.5. The Kier molecular flexibility index (Phi) is 4.88. The second-order valence-corrected chi connectivity index (χ2v) is 3.54. The van der Waals surface area contributed by atoms with Crippen molar-refractivity contribution in [1.82, 2.24) is 0 Å². The SMILES string of the molecule is CCC(C#N)Oc1cc(F)cc(/C=C/C(=O)O)c1. The van der Waals surface area contributed by atoms with Gasteiger partial charge in [-0.2, -0.15) is 5.26 Å². The Bertz CT molecular complexity index is 505. The molecule has 1 rings (SSSR count). The van der Waals surface area contributed by atoms with Gasteiger partial charge < -0.3 is 9.84 Å². The molecule has 18 heavy (non-hydrogen) atoms. The standard InChI is InChI=1S/C13H12FNO3/c1-2-11(8-15)18-12-6-9(3-4-13(16)17)5-10(14)7-12/h3-7,11H,2H2,1H3,(H,16,17)/b4-3+. The van der Waals surface area contributed by atoms with Gasteiger partial charge in [-0.15, -0.1) is 0 Å². The molecule has 5 heteroatoms. The fourth-order valence-electron chi connectivity index (χ4n) is 1.28. The van der Waals surface area contributed by atoms with Crippen molar-refractivity contribution >= 4 is 12.0 Å². The summed E-state index contributed by atoms with van der Waals surface area (Å²) in [5, 5.41) is 17.2. The molecule has 0 bridgehead atoms. The van der Waals surface area contributed by atoms with Gasteiger partial charge in [0, 0.05) is 12.1 Å². The minimum absolute atomic E-state index is 0.202. The molecule has 0 aromatic heterocycles. The number of halogens is 1. The van der Waals surface area contributed by atoms with Crippen LogP contribution >= 0.6 is 0 Å². The molecule has 0 fully saturated rings. The van der Waals surface area contributed by atoms with Crippen LogP contribution in [0.2, 0.25) is 0 Å². The lowest BCUT2D eigenvalue weighted by Gasteiger charge is -2.10. The number of nitriles is 1. The summed E-state index contributed by atoms with van der Waals surface area (Å²) in [5.41, 5.74) is 0.361. The molecule has 1 unspecified atom stereocenters. The van der Waals surface area contributed by atoms with Gasteiger partial charge in [0.05, 0.1) is 0 Å². The summed E-state index contributed by atoms with van der Waals surface area (Å²) in [6.45, 7) is 1.78. The normalized spacial score (nSPS) is 12.1. The first kappa shape index (κ1) is 13.7. The number of ether oxygens (including phenoxy) is 1. The van der Waals surface area contributed by atoms with Gasteiger partial charge in [0.2, 0.25) is 0 Å². The van der Waals surface area contributed by atoms with E-state index in [1.54, 1.807) is 6.92 Å². The Labute approximate surface area is 104 Å². The van der Waals surface area contributed by atoms with E-state index in [4.69, 9.17) is 15.1 Å². The van der Waals surface area contributed by atoms with Crippen molar-refractivity contribution in [2.24, 2.45) is 0 Å². The van der Waals surface area contributed by atoms with Crippen LogP contribution in [0.15, 0.2) is 24.3 Å². The van der Waals surface area contributed by atoms with E-state index in [0.717, 1.165) is 12.1 Å². The first-order valence-electron chi connectivity index (χ1n) is 5.33. The van der Waals surface area contributed by atoms with E-state index in [1.165, 1.54) is 18.2 Å². The largest absolute Gasteiger partial charge is 0.478 e. The summed E-state index contributed by atoms with van der Waals surface area (Å²) in [4.78, 5) is 10.4. The monoisotopic (exact) mass is 249 g/mol. The zero-order valence-electron chi connectivity index (χ0n) is 9.76. The molecule has 0 heterocycles. The number of hydrogen-bond donors (Lipinski definition) is 1. The molecule has 0 aliphatic carbocycles. The number of nitrogens with zero attached hydrogens (tertiary/aromatic N) is 1. The van der Waals surface area contributed by atoms with Crippen molar-refractivity contribution in [1.29, 1.82) is 5.26 Å². The lowest BCUT2D eigenvalue weighted by molar-refractivity contribution is -0.131. The predicted molar refractivity (Wildman–Crippen MR) is 63.4 cm³/mol. The Morgan fingerprint density at radius 3 is 2.89 bits per heavy atom. The highest BCUT2D eigenvalue weighted by Crippen LogP contribution is 2.19. The van der Waals surface area contributed by atoms with Gasteiger partial charge in [-0.25, -0.2) is 9.18 Å². The average molecular weight is 249 g/mol.